The molecule has 0 saturated heterocycles. The van der Waals surface area contributed by atoms with E-state index in [-0.39, 0.29) is 17.8 Å². The molecule has 2 nitrogen and oxygen atoms in total. The molecule has 35 heavy (non-hydrogen) atoms. The van der Waals surface area contributed by atoms with Crippen LogP contribution in [0.2, 0.25) is 0 Å². The summed E-state index contributed by atoms with van der Waals surface area (Å²) in [4.78, 5) is 0. The van der Waals surface area contributed by atoms with Crippen LogP contribution in [0, 0.1) is 22.7 Å². The minimum atomic E-state index is -0.193. The topological polar surface area (TPSA) is 18.5 Å². The number of hydrogen-bond donors (Lipinski definition) is 0. The lowest BCUT2D eigenvalue weighted by Gasteiger charge is -2.48. The van der Waals surface area contributed by atoms with Gasteiger partial charge in [-0.15, -0.1) is 6.58 Å². The molecule has 1 aromatic carbocycles. The minimum Gasteiger partial charge on any atom is -0.465 e. The molecule has 0 heterocycles. The Morgan fingerprint density at radius 1 is 0.857 bits per heavy atom. The highest BCUT2D eigenvalue weighted by atomic mass is 16.7. The monoisotopic (exact) mass is 482 g/mol. The van der Waals surface area contributed by atoms with Gasteiger partial charge in [-0.2, -0.15) is 0 Å². The van der Waals surface area contributed by atoms with Gasteiger partial charge in [0.25, 0.3) is 0 Å². The highest BCUT2D eigenvalue weighted by Gasteiger charge is 2.44. The van der Waals surface area contributed by atoms with E-state index in [2.05, 4.69) is 72.4 Å². The molecule has 0 aromatic heterocycles. The van der Waals surface area contributed by atoms with Crippen molar-refractivity contribution in [2.45, 2.75) is 137 Å². The second-order valence-corrected chi connectivity index (χ2v) is 13.1. The van der Waals surface area contributed by atoms with E-state index in [4.69, 9.17) is 9.47 Å². The highest BCUT2D eigenvalue weighted by molar-refractivity contribution is 5.31. The van der Waals surface area contributed by atoms with Crippen LogP contribution in [0.15, 0.2) is 36.9 Å². The molecule has 2 saturated carbocycles. The Bertz CT molecular complexity index is 726. The van der Waals surface area contributed by atoms with Crippen LogP contribution >= 0.6 is 0 Å². The molecular weight excluding hydrogens is 428 g/mol. The van der Waals surface area contributed by atoms with Gasteiger partial charge >= 0.3 is 0 Å². The van der Waals surface area contributed by atoms with Crippen molar-refractivity contribution >= 4 is 0 Å². The van der Waals surface area contributed by atoms with E-state index < -0.39 is 0 Å². The zero-order valence-corrected chi connectivity index (χ0v) is 23.8. The predicted molar refractivity (Wildman–Crippen MR) is 150 cm³/mol. The van der Waals surface area contributed by atoms with Crippen LogP contribution in [0.25, 0.3) is 0 Å². The smallest absolute Gasteiger partial charge is 0.200 e. The van der Waals surface area contributed by atoms with Crippen molar-refractivity contribution in [1.29, 1.82) is 0 Å². The molecule has 0 aliphatic heterocycles. The second kappa shape index (κ2) is 12.8. The van der Waals surface area contributed by atoms with E-state index in [0.717, 1.165) is 30.4 Å². The van der Waals surface area contributed by atoms with E-state index in [1.807, 2.05) is 6.08 Å². The van der Waals surface area contributed by atoms with Crippen molar-refractivity contribution in [2.75, 3.05) is 0 Å². The minimum absolute atomic E-state index is 0.152. The van der Waals surface area contributed by atoms with E-state index >= 15 is 0 Å². The second-order valence-electron chi connectivity index (χ2n) is 13.1. The standard InChI is InChI=1S/C33H54O2/c1-8-15-30(32(4,5)6)26-20-22-29(23-21-26)35-31(34-25(2)3)24-33(7,27-16-11-9-12-17-27)28-18-13-10-14-19-28/h8,20-23,25,27-28,30-31H,1,9-19,24H2,2-7H3. The Balaban J connectivity index is 1.80. The molecule has 198 valence electrons. The average Bonchev–Trinajstić information content (AvgIpc) is 2.83. The molecule has 1 aromatic rings. The zero-order valence-electron chi connectivity index (χ0n) is 23.8. The summed E-state index contributed by atoms with van der Waals surface area (Å²) in [6.45, 7) is 17.8. The van der Waals surface area contributed by atoms with Gasteiger partial charge < -0.3 is 9.47 Å². The number of benzene rings is 1. The molecule has 0 spiro atoms. The van der Waals surface area contributed by atoms with E-state index in [1.54, 1.807) is 0 Å². The molecule has 2 aliphatic carbocycles. The van der Waals surface area contributed by atoms with Crippen LogP contribution in [0.1, 0.15) is 130 Å². The Hall–Kier alpha value is -1.28. The predicted octanol–water partition coefficient (Wildman–Crippen LogP) is 10.1. The molecule has 0 N–H and O–H groups in total. The quantitative estimate of drug-likeness (QED) is 0.231. The van der Waals surface area contributed by atoms with Gasteiger partial charge in [-0.1, -0.05) is 84.4 Å². The fourth-order valence-corrected chi connectivity index (χ4v) is 7.06. The fraction of sp³-hybridized carbons (Fsp3) is 0.758. The Labute approximate surface area is 217 Å². The fourth-order valence-electron chi connectivity index (χ4n) is 7.06. The lowest BCUT2D eigenvalue weighted by Crippen LogP contribution is -2.42. The Morgan fingerprint density at radius 2 is 1.37 bits per heavy atom. The largest absolute Gasteiger partial charge is 0.465 e. The first-order chi connectivity index (χ1) is 16.6. The zero-order chi connectivity index (χ0) is 25.5. The lowest BCUT2D eigenvalue weighted by atomic mass is 9.58. The summed E-state index contributed by atoms with van der Waals surface area (Å²) in [5.74, 6) is 2.99. The molecule has 3 rings (SSSR count). The number of allylic oxidation sites excluding steroid dienone is 1. The van der Waals surface area contributed by atoms with Gasteiger partial charge in [0, 0.05) is 6.42 Å². The normalized spacial score (nSPS) is 20.5. The highest BCUT2D eigenvalue weighted by Crippen LogP contribution is 2.52. The Morgan fingerprint density at radius 3 is 1.80 bits per heavy atom. The lowest BCUT2D eigenvalue weighted by molar-refractivity contribution is -0.146. The first-order valence-electron chi connectivity index (χ1n) is 14.7. The third-order valence-corrected chi connectivity index (χ3v) is 9.10. The third kappa shape index (κ3) is 7.85. The van der Waals surface area contributed by atoms with Crippen molar-refractivity contribution in [2.24, 2.45) is 22.7 Å². The maximum atomic E-state index is 6.64. The van der Waals surface area contributed by atoms with Crippen LogP contribution in [0.5, 0.6) is 5.75 Å². The summed E-state index contributed by atoms with van der Waals surface area (Å²) >= 11 is 0. The molecule has 2 aliphatic rings. The van der Waals surface area contributed by atoms with E-state index in [9.17, 15) is 0 Å². The number of ether oxygens (including phenoxy) is 2. The molecule has 2 fully saturated rings. The summed E-state index contributed by atoms with van der Waals surface area (Å²) in [5, 5.41) is 0. The van der Waals surface area contributed by atoms with Gasteiger partial charge in [-0.05, 0) is 92.2 Å². The molecule has 2 heteroatoms. The maximum absolute atomic E-state index is 6.64. The van der Waals surface area contributed by atoms with Gasteiger partial charge in [-0.25, -0.2) is 0 Å². The first-order valence-corrected chi connectivity index (χ1v) is 14.7. The van der Waals surface area contributed by atoms with E-state index in [1.165, 1.54) is 69.8 Å². The van der Waals surface area contributed by atoms with Crippen LogP contribution < -0.4 is 4.74 Å². The van der Waals surface area contributed by atoms with Crippen molar-refractivity contribution < 1.29 is 9.47 Å². The molecule has 0 bridgehead atoms. The summed E-state index contributed by atoms with van der Waals surface area (Å²) in [7, 11) is 0. The average molecular weight is 483 g/mol. The van der Waals surface area contributed by atoms with Crippen LogP contribution in [0.3, 0.4) is 0 Å². The van der Waals surface area contributed by atoms with Crippen LogP contribution in [-0.2, 0) is 4.74 Å². The van der Waals surface area contributed by atoms with Gasteiger partial charge in [0.1, 0.15) is 5.75 Å². The first kappa shape index (κ1) is 28.3. The molecule has 0 amide bonds. The summed E-state index contributed by atoms with van der Waals surface area (Å²) in [5.41, 5.74) is 1.85. The summed E-state index contributed by atoms with van der Waals surface area (Å²) in [6, 6.07) is 8.82. The summed E-state index contributed by atoms with van der Waals surface area (Å²) in [6.07, 6.45) is 17.9. The van der Waals surface area contributed by atoms with E-state index in [0.29, 0.717) is 11.3 Å². The van der Waals surface area contributed by atoms with Crippen molar-refractivity contribution in [3.63, 3.8) is 0 Å². The van der Waals surface area contributed by atoms with Gasteiger partial charge in [0.2, 0.25) is 6.29 Å². The molecule has 0 radical (unpaired) electrons. The van der Waals surface area contributed by atoms with Crippen molar-refractivity contribution in [3.8, 4) is 5.75 Å². The van der Waals surface area contributed by atoms with Crippen LogP contribution in [0.4, 0.5) is 0 Å². The number of hydrogen-bond acceptors (Lipinski definition) is 2. The van der Waals surface area contributed by atoms with Gasteiger partial charge in [-0.3, -0.25) is 0 Å². The number of rotatable bonds is 11. The Kier molecular flexibility index (Phi) is 10.3. The molecule has 2 unspecified atom stereocenters. The molecule has 2 atom stereocenters. The summed E-state index contributed by atoms with van der Waals surface area (Å²) < 4.78 is 13.1. The van der Waals surface area contributed by atoms with Gasteiger partial charge in [0.05, 0.1) is 6.10 Å². The SMILES string of the molecule is C=CCC(c1ccc(OC(CC(C)(C2CCCCC2)C2CCCCC2)OC(C)C)cc1)C(C)(C)C. The van der Waals surface area contributed by atoms with Crippen molar-refractivity contribution in [3.05, 3.63) is 42.5 Å². The van der Waals surface area contributed by atoms with Crippen LogP contribution in [-0.4, -0.2) is 12.4 Å². The molecular formula is C33H54O2. The van der Waals surface area contributed by atoms with Crippen molar-refractivity contribution in [1.82, 2.24) is 0 Å². The van der Waals surface area contributed by atoms with Gasteiger partial charge in [0.15, 0.2) is 0 Å². The third-order valence-electron chi connectivity index (χ3n) is 9.10. The maximum Gasteiger partial charge on any atom is 0.200 e.